The molecule has 4 atom stereocenters. The van der Waals surface area contributed by atoms with Crippen molar-refractivity contribution in [2.24, 2.45) is 22.7 Å². The standard InChI is InChI=1S/C20H26O3/c1-14-4-7-17-19(2)9-3-10-20(17,18(21)23-13-19)16(14)6-5-15-8-11-22-12-15/h8,11-12,16-17H,1,3-7,9-10,13H2,2H3/t16-,17-,19+,20-/m0/s1. The lowest BCUT2D eigenvalue weighted by Gasteiger charge is -2.61. The molecule has 3 aliphatic rings. The van der Waals surface area contributed by atoms with Gasteiger partial charge in [0.15, 0.2) is 0 Å². The fourth-order valence-electron chi connectivity index (χ4n) is 5.78. The van der Waals surface area contributed by atoms with Crippen LogP contribution in [0.15, 0.2) is 35.2 Å². The normalized spacial score (nSPS) is 39.7. The van der Waals surface area contributed by atoms with Crippen LogP contribution in [-0.4, -0.2) is 12.6 Å². The quantitative estimate of drug-likeness (QED) is 0.608. The smallest absolute Gasteiger partial charge is 0.313 e. The first-order valence-corrected chi connectivity index (χ1v) is 8.92. The van der Waals surface area contributed by atoms with E-state index in [9.17, 15) is 4.79 Å². The summed E-state index contributed by atoms with van der Waals surface area (Å²) in [5, 5.41) is 0. The summed E-state index contributed by atoms with van der Waals surface area (Å²) in [4.78, 5) is 12.9. The summed E-state index contributed by atoms with van der Waals surface area (Å²) >= 11 is 0. The average Bonchev–Trinajstić information content (AvgIpc) is 3.04. The first-order chi connectivity index (χ1) is 11.1. The zero-order valence-electron chi connectivity index (χ0n) is 14.0. The molecule has 0 radical (unpaired) electrons. The number of furan rings is 1. The SMILES string of the molecule is C=C1CC[C@H]2[C@]3(C)CCC[C@]2(C(=O)OC3)[C@H]1CCc1ccoc1. The van der Waals surface area contributed by atoms with Crippen LogP contribution in [0.5, 0.6) is 0 Å². The van der Waals surface area contributed by atoms with Crippen molar-refractivity contribution in [1.82, 2.24) is 0 Å². The molecule has 0 amide bonds. The highest BCUT2D eigenvalue weighted by molar-refractivity contribution is 5.80. The molecule has 3 heteroatoms. The number of esters is 1. The molecule has 0 unspecified atom stereocenters. The van der Waals surface area contributed by atoms with Crippen LogP contribution in [0.25, 0.3) is 0 Å². The van der Waals surface area contributed by atoms with Gasteiger partial charge in [0.05, 0.1) is 24.5 Å². The van der Waals surface area contributed by atoms with E-state index in [0.29, 0.717) is 12.5 Å². The predicted molar refractivity (Wildman–Crippen MR) is 87.7 cm³/mol. The van der Waals surface area contributed by atoms with Gasteiger partial charge in [0, 0.05) is 5.41 Å². The Balaban J connectivity index is 1.68. The molecule has 1 aromatic heterocycles. The van der Waals surface area contributed by atoms with Crippen LogP contribution in [0.2, 0.25) is 0 Å². The second kappa shape index (κ2) is 5.25. The summed E-state index contributed by atoms with van der Waals surface area (Å²) < 4.78 is 10.9. The van der Waals surface area contributed by atoms with Gasteiger partial charge in [0.1, 0.15) is 0 Å². The van der Waals surface area contributed by atoms with Gasteiger partial charge in [0.2, 0.25) is 0 Å². The highest BCUT2D eigenvalue weighted by Crippen LogP contribution is 2.64. The van der Waals surface area contributed by atoms with E-state index in [2.05, 4.69) is 13.5 Å². The Morgan fingerprint density at radius 3 is 3.04 bits per heavy atom. The summed E-state index contributed by atoms with van der Waals surface area (Å²) in [5.74, 6) is 0.770. The van der Waals surface area contributed by atoms with Gasteiger partial charge in [-0.25, -0.2) is 0 Å². The minimum atomic E-state index is -0.315. The summed E-state index contributed by atoms with van der Waals surface area (Å²) in [6, 6.07) is 2.02. The van der Waals surface area contributed by atoms with Gasteiger partial charge in [-0.2, -0.15) is 0 Å². The Morgan fingerprint density at radius 1 is 1.39 bits per heavy atom. The van der Waals surface area contributed by atoms with Crippen LogP contribution in [0, 0.1) is 22.7 Å². The van der Waals surface area contributed by atoms with Crippen molar-refractivity contribution in [2.75, 3.05) is 6.61 Å². The van der Waals surface area contributed by atoms with Crippen LogP contribution >= 0.6 is 0 Å². The molecule has 2 aliphatic carbocycles. The molecule has 0 aromatic carbocycles. The minimum Gasteiger partial charge on any atom is -0.472 e. The third-order valence-electron chi connectivity index (χ3n) is 6.88. The topological polar surface area (TPSA) is 39.4 Å². The Bertz CT molecular complexity index is 617. The molecule has 0 spiro atoms. The molecule has 1 saturated heterocycles. The second-order valence-electron chi connectivity index (χ2n) is 8.10. The molecule has 124 valence electrons. The first-order valence-electron chi connectivity index (χ1n) is 8.92. The maximum atomic E-state index is 12.9. The van der Waals surface area contributed by atoms with Gasteiger partial charge in [0.25, 0.3) is 0 Å². The number of hydrogen-bond acceptors (Lipinski definition) is 3. The van der Waals surface area contributed by atoms with Crippen LogP contribution in [0.4, 0.5) is 0 Å². The number of cyclic esters (lactones) is 1. The zero-order valence-corrected chi connectivity index (χ0v) is 14.0. The van der Waals surface area contributed by atoms with E-state index >= 15 is 0 Å². The van der Waals surface area contributed by atoms with Gasteiger partial charge < -0.3 is 9.15 Å². The fraction of sp³-hybridized carbons (Fsp3) is 0.650. The molecule has 2 saturated carbocycles. The van der Waals surface area contributed by atoms with Gasteiger partial charge >= 0.3 is 5.97 Å². The van der Waals surface area contributed by atoms with Crippen LogP contribution in [0.3, 0.4) is 0 Å². The number of allylic oxidation sites excluding steroid dienone is 1. The van der Waals surface area contributed by atoms with Crippen molar-refractivity contribution in [1.29, 1.82) is 0 Å². The fourth-order valence-corrected chi connectivity index (χ4v) is 5.78. The highest BCUT2D eigenvalue weighted by Gasteiger charge is 2.64. The number of carbonyl (C=O) groups excluding carboxylic acids is 1. The average molecular weight is 314 g/mol. The van der Waals surface area contributed by atoms with Crippen LogP contribution in [0.1, 0.15) is 51.0 Å². The van der Waals surface area contributed by atoms with E-state index in [4.69, 9.17) is 9.15 Å². The molecule has 3 fully saturated rings. The zero-order chi connectivity index (χ0) is 16.1. The Labute approximate surface area is 138 Å². The van der Waals surface area contributed by atoms with Crippen molar-refractivity contribution in [2.45, 2.75) is 51.9 Å². The maximum absolute atomic E-state index is 12.9. The lowest BCUT2D eigenvalue weighted by atomic mass is 9.45. The van der Waals surface area contributed by atoms with E-state index in [1.54, 1.807) is 6.26 Å². The van der Waals surface area contributed by atoms with E-state index < -0.39 is 0 Å². The molecule has 3 nitrogen and oxygen atoms in total. The van der Waals surface area contributed by atoms with E-state index in [1.165, 1.54) is 17.6 Å². The molecule has 1 aromatic rings. The van der Waals surface area contributed by atoms with Gasteiger partial charge in [-0.3, -0.25) is 4.79 Å². The summed E-state index contributed by atoms with van der Waals surface area (Å²) in [6.07, 6.45) is 10.9. The highest BCUT2D eigenvalue weighted by atomic mass is 16.5. The van der Waals surface area contributed by atoms with Crippen LogP contribution < -0.4 is 0 Å². The molecule has 4 rings (SSSR count). The Kier molecular flexibility index (Phi) is 3.44. The summed E-state index contributed by atoms with van der Waals surface area (Å²) in [7, 11) is 0. The number of carbonyl (C=O) groups is 1. The Morgan fingerprint density at radius 2 is 2.26 bits per heavy atom. The molecule has 1 aliphatic heterocycles. The monoisotopic (exact) mass is 314 g/mol. The molecular weight excluding hydrogens is 288 g/mol. The number of ether oxygens (including phenoxy) is 1. The van der Waals surface area contributed by atoms with E-state index in [-0.39, 0.29) is 22.7 Å². The molecular formula is C20H26O3. The second-order valence-corrected chi connectivity index (χ2v) is 8.10. The molecule has 2 heterocycles. The van der Waals surface area contributed by atoms with E-state index in [1.807, 2.05) is 12.3 Å². The molecule has 23 heavy (non-hydrogen) atoms. The van der Waals surface area contributed by atoms with Crippen LogP contribution in [-0.2, 0) is 16.0 Å². The van der Waals surface area contributed by atoms with Gasteiger partial charge in [-0.1, -0.05) is 25.5 Å². The number of aryl methyl sites for hydroxylation is 1. The minimum absolute atomic E-state index is 0.0534. The number of rotatable bonds is 3. The van der Waals surface area contributed by atoms with Gasteiger partial charge in [-0.15, -0.1) is 0 Å². The van der Waals surface area contributed by atoms with Gasteiger partial charge in [-0.05, 0) is 62.0 Å². The Hall–Kier alpha value is -1.51. The third-order valence-corrected chi connectivity index (χ3v) is 6.88. The van der Waals surface area contributed by atoms with Crippen molar-refractivity contribution in [3.05, 3.63) is 36.3 Å². The van der Waals surface area contributed by atoms with Crippen molar-refractivity contribution >= 4 is 5.97 Å². The maximum Gasteiger partial charge on any atom is 0.313 e. The van der Waals surface area contributed by atoms with Crippen molar-refractivity contribution in [3.63, 3.8) is 0 Å². The summed E-state index contributed by atoms with van der Waals surface area (Å²) in [5.41, 5.74) is 2.32. The van der Waals surface area contributed by atoms with Crippen molar-refractivity contribution < 1.29 is 13.9 Å². The predicted octanol–water partition coefficient (Wildman–Crippen LogP) is 4.53. The largest absolute Gasteiger partial charge is 0.472 e. The number of hydrogen-bond donors (Lipinski definition) is 0. The summed E-state index contributed by atoms with van der Waals surface area (Å²) in [6.45, 7) is 7.30. The third kappa shape index (κ3) is 2.12. The van der Waals surface area contributed by atoms with Crippen molar-refractivity contribution in [3.8, 4) is 0 Å². The van der Waals surface area contributed by atoms with E-state index in [0.717, 1.165) is 38.5 Å². The molecule has 0 N–H and O–H groups in total. The lowest BCUT2D eigenvalue weighted by Crippen LogP contribution is -2.61. The lowest BCUT2D eigenvalue weighted by molar-refractivity contribution is -0.207. The molecule has 2 bridgehead atoms. The first kappa shape index (κ1) is 15.0.